The maximum Gasteiger partial charge on any atom is 0.0943 e. The van der Waals surface area contributed by atoms with Gasteiger partial charge in [0.25, 0.3) is 0 Å². The van der Waals surface area contributed by atoms with Gasteiger partial charge in [-0.05, 0) is 52.7 Å². The highest BCUT2D eigenvalue weighted by atomic mass is 79.9. The van der Waals surface area contributed by atoms with Crippen LogP contribution in [0.1, 0.15) is 20.7 Å². The fourth-order valence-electron chi connectivity index (χ4n) is 1.47. The first-order chi connectivity index (χ1) is 7.99. The number of thiophene rings is 1. The predicted octanol–water partition coefficient (Wildman–Crippen LogP) is 6.45. The molecule has 0 nitrogen and oxygen atoms in total. The Morgan fingerprint density at radius 3 is 2.53 bits per heavy atom. The zero-order valence-corrected chi connectivity index (χ0v) is 13.5. The molecule has 5 heteroatoms. The Balaban J connectivity index is 2.42. The Hall–Kier alpha value is 0.270. The van der Waals surface area contributed by atoms with Gasteiger partial charge in [0.05, 0.1) is 5.38 Å². The lowest BCUT2D eigenvalue weighted by molar-refractivity contribution is 1.18. The fourth-order valence-corrected chi connectivity index (χ4v) is 3.87. The van der Waals surface area contributed by atoms with Crippen LogP contribution in [0.25, 0.3) is 0 Å². The topological polar surface area (TPSA) is 0 Å². The number of hydrogen-bond donors (Lipinski definition) is 0. The molecule has 0 aliphatic heterocycles. The van der Waals surface area contributed by atoms with Crippen molar-refractivity contribution in [3.63, 3.8) is 0 Å². The summed E-state index contributed by atoms with van der Waals surface area (Å²) < 4.78 is 1.07. The minimum Gasteiger partial charge on any atom is -0.143 e. The average Bonchev–Trinajstić information content (AvgIpc) is 2.62. The van der Waals surface area contributed by atoms with E-state index >= 15 is 0 Å². The van der Waals surface area contributed by atoms with Gasteiger partial charge in [-0.2, -0.15) is 0 Å². The maximum atomic E-state index is 6.44. The highest BCUT2D eigenvalue weighted by Gasteiger charge is 2.17. The SMILES string of the molecule is Cc1sc(C(Cl)c2cc(Cl)ccc2Cl)cc1Br. The molecule has 1 atom stereocenters. The number of hydrogen-bond acceptors (Lipinski definition) is 1. The second-order valence-corrected chi connectivity index (χ2v) is 7.00. The number of aryl methyl sites for hydroxylation is 1. The number of halogens is 4. The van der Waals surface area contributed by atoms with E-state index in [1.54, 1.807) is 23.5 Å². The molecule has 1 aromatic heterocycles. The highest BCUT2D eigenvalue weighted by molar-refractivity contribution is 9.10. The molecule has 0 aliphatic carbocycles. The van der Waals surface area contributed by atoms with E-state index in [1.807, 2.05) is 19.1 Å². The van der Waals surface area contributed by atoms with Gasteiger partial charge in [-0.1, -0.05) is 23.2 Å². The summed E-state index contributed by atoms with van der Waals surface area (Å²) in [7, 11) is 0. The van der Waals surface area contributed by atoms with Crippen molar-refractivity contribution in [1.82, 2.24) is 0 Å². The molecule has 0 N–H and O–H groups in total. The second-order valence-electron chi connectivity index (χ2n) is 3.58. The van der Waals surface area contributed by atoms with Gasteiger partial charge in [-0.25, -0.2) is 0 Å². The summed E-state index contributed by atoms with van der Waals surface area (Å²) in [6.07, 6.45) is 0. The molecule has 0 fully saturated rings. The Kier molecular flexibility index (Phi) is 4.43. The first-order valence-electron chi connectivity index (χ1n) is 4.84. The number of alkyl halides is 1. The molecule has 0 aliphatic rings. The molecular weight excluding hydrogens is 362 g/mol. The van der Waals surface area contributed by atoms with E-state index in [1.165, 1.54) is 4.88 Å². The van der Waals surface area contributed by atoms with Crippen LogP contribution in [0.2, 0.25) is 10.0 Å². The lowest BCUT2D eigenvalue weighted by Crippen LogP contribution is -1.91. The molecule has 17 heavy (non-hydrogen) atoms. The van der Waals surface area contributed by atoms with E-state index in [9.17, 15) is 0 Å². The van der Waals surface area contributed by atoms with Crippen LogP contribution in [0.15, 0.2) is 28.7 Å². The summed E-state index contributed by atoms with van der Waals surface area (Å²) in [5, 5.41) is 1.01. The average molecular weight is 371 g/mol. The fraction of sp³-hybridized carbons (Fsp3) is 0.167. The molecule has 90 valence electrons. The summed E-state index contributed by atoms with van der Waals surface area (Å²) >= 11 is 23.7. The van der Waals surface area contributed by atoms with Crippen LogP contribution >= 0.6 is 62.1 Å². The van der Waals surface area contributed by atoms with Crippen LogP contribution in [0.3, 0.4) is 0 Å². The highest BCUT2D eigenvalue weighted by Crippen LogP contribution is 2.40. The van der Waals surface area contributed by atoms with Crippen LogP contribution in [0.5, 0.6) is 0 Å². The predicted molar refractivity (Wildman–Crippen MR) is 80.9 cm³/mol. The van der Waals surface area contributed by atoms with Gasteiger partial charge < -0.3 is 0 Å². The summed E-state index contributed by atoms with van der Waals surface area (Å²) in [5.41, 5.74) is 0.842. The van der Waals surface area contributed by atoms with Gasteiger partial charge >= 0.3 is 0 Å². The van der Waals surface area contributed by atoms with Crippen LogP contribution in [0.4, 0.5) is 0 Å². The molecule has 0 spiro atoms. The molecule has 0 bridgehead atoms. The van der Waals surface area contributed by atoms with Crippen molar-refractivity contribution in [1.29, 1.82) is 0 Å². The van der Waals surface area contributed by atoms with E-state index in [2.05, 4.69) is 15.9 Å². The first-order valence-corrected chi connectivity index (χ1v) is 7.64. The molecule has 0 amide bonds. The van der Waals surface area contributed by atoms with E-state index in [0.717, 1.165) is 14.9 Å². The summed E-state index contributed by atoms with van der Waals surface area (Å²) in [6, 6.07) is 7.36. The Morgan fingerprint density at radius 1 is 1.24 bits per heavy atom. The van der Waals surface area contributed by atoms with Crippen molar-refractivity contribution in [3.05, 3.63) is 54.1 Å². The number of rotatable bonds is 2. The monoisotopic (exact) mass is 368 g/mol. The van der Waals surface area contributed by atoms with E-state index in [4.69, 9.17) is 34.8 Å². The summed E-state index contributed by atoms with van der Waals surface area (Å²) in [6.45, 7) is 2.04. The lowest BCUT2D eigenvalue weighted by atomic mass is 10.1. The largest absolute Gasteiger partial charge is 0.143 e. The molecule has 1 heterocycles. The van der Waals surface area contributed by atoms with Gasteiger partial charge in [0.15, 0.2) is 0 Å². The summed E-state index contributed by atoms with van der Waals surface area (Å²) in [5.74, 6) is 0. The second kappa shape index (κ2) is 5.50. The minimum absolute atomic E-state index is 0.267. The van der Waals surface area contributed by atoms with E-state index < -0.39 is 0 Å². The maximum absolute atomic E-state index is 6.44. The van der Waals surface area contributed by atoms with Crippen molar-refractivity contribution < 1.29 is 0 Å². The van der Waals surface area contributed by atoms with Crippen LogP contribution in [-0.2, 0) is 0 Å². The smallest absolute Gasteiger partial charge is 0.0943 e. The Labute approximate surface area is 128 Å². The molecular formula is C12H8BrCl3S. The van der Waals surface area contributed by atoms with Gasteiger partial charge in [0.2, 0.25) is 0 Å². The quantitative estimate of drug-likeness (QED) is 0.533. The van der Waals surface area contributed by atoms with Gasteiger partial charge in [-0.3, -0.25) is 0 Å². The zero-order valence-electron chi connectivity index (χ0n) is 8.81. The third kappa shape index (κ3) is 2.99. The molecule has 0 saturated carbocycles. The molecule has 2 rings (SSSR count). The van der Waals surface area contributed by atoms with E-state index in [-0.39, 0.29) is 5.38 Å². The van der Waals surface area contributed by atoms with Crippen LogP contribution in [-0.4, -0.2) is 0 Å². The molecule has 1 aromatic carbocycles. The van der Waals surface area contributed by atoms with Crippen LogP contribution in [0, 0.1) is 6.92 Å². The molecule has 0 saturated heterocycles. The molecule has 2 aromatic rings. The van der Waals surface area contributed by atoms with Gasteiger partial charge in [0, 0.05) is 24.3 Å². The summed E-state index contributed by atoms with van der Waals surface area (Å²) in [4.78, 5) is 2.25. The van der Waals surface area contributed by atoms with E-state index in [0.29, 0.717) is 10.0 Å². The third-order valence-corrected chi connectivity index (χ3v) is 5.74. The van der Waals surface area contributed by atoms with Crippen molar-refractivity contribution in [2.75, 3.05) is 0 Å². The van der Waals surface area contributed by atoms with Crippen molar-refractivity contribution in [2.24, 2.45) is 0 Å². The molecule has 1 unspecified atom stereocenters. The molecule has 0 radical (unpaired) electrons. The normalized spacial score (nSPS) is 12.8. The van der Waals surface area contributed by atoms with Gasteiger partial charge in [0.1, 0.15) is 0 Å². The van der Waals surface area contributed by atoms with Crippen LogP contribution < -0.4 is 0 Å². The zero-order chi connectivity index (χ0) is 12.6. The first kappa shape index (κ1) is 13.7. The van der Waals surface area contributed by atoms with Crippen molar-refractivity contribution in [3.8, 4) is 0 Å². The van der Waals surface area contributed by atoms with Crippen molar-refractivity contribution in [2.45, 2.75) is 12.3 Å². The van der Waals surface area contributed by atoms with Gasteiger partial charge in [-0.15, -0.1) is 22.9 Å². The lowest BCUT2D eigenvalue weighted by Gasteiger charge is -2.10. The third-order valence-electron chi connectivity index (χ3n) is 2.36. The Morgan fingerprint density at radius 2 is 1.94 bits per heavy atom. The van der Waals surface area contributed by atoms with Crippen molar-refractivity contribution >= 4 is 62.1 Å². The standard InChI is InChI=1S/C12H8BrCl3S/c1-6-9(13)5-11(17-6)12(16)8-4-7(14)2-3-10(8)15/h2-5,12H,1H3. The number of benzene rings is 1. The Bertz CT molecular complexity index is 531. The minimum atomic E-state index is -0.267.